The van der Waals surface area contributed by atoms with Gasteiger partial charge in [0.25, 0.3) is 0 Å². The molecular formula is C20H17ClO6S. The number of esters is 2. The van der Waals surface area contributed by atoms with E-state index in [1.54, 1.807) is 37.4 Å². The quantitative estimate of drug-likeness (QED) is 0.331. The van der Waals surface area contributed by atoms with Crippen LogP contribution in [0.25, 0.3) is 11.0 Å². The molecule has 3 aromatic rings. The van der Waals surface area contributed by atoms with Crippen molar-refractivity contribution in [3.05, 3.63) is 61.1 Å². The summed E-state index contributed by atoms with van der Waals surface area (Å²) in [7, 11) is 0. The fourth-order valence-corrected chi connectivity index (χ4v) is 3.56. The number of carbonyl (C=O) groups excluding carboxylic acids is 2. The number of carbonyl (C=O) groups is 2. The molecule has 0 fully saturated rings. The Morgan fingerprint density at radius 2 is 2.07 bits per heavy atom. The van der Waals surface area contributed by atoms with Gasteiger partial charge in [-0.2, -0.15) is 0 Å². The van der Waals surface area contributed by atoms with Crippen LogP contribution in [0.5, 0.6) is 5.75 Å². The highest BCUT2D eigenvalue weighted by atomic mass is 35.5. The van der Waals surface area contributed by atoms with Crippen molar-refractivity contribution in [3.63, 3.8) is 0 Å². The summed E-state index contributed by atoms with van der Waals surface area (Å²) in [6.45, 7) is 3.76. The van der Waals surface area contributed by atoms with Crippen LogP contribution in [0.1, 0.15) is 34.1 Å². The van der Waals surface area contributed by atoms with E-state index in [4.69, 9.17) is 25.5 Å². The zero-order valence-corrected chi connectivity index (χ0v) is 16.8. The van der Waals surface area contributed by atoms with Crippen LogP contribution in [0.4, 0.5) is 0 Å². The Morgan fingerprint density at radius 1 is 1.29 bits per heavy atom. The molecule has 0 aliphatic rings. The molecule has 8 heteroatoms. The summed E-state index contributed by atoms with van der Waals surface area (Å²) in [4.78, 5) is 36.5. The lowest BCUT2D eigenvalue weighted by molar-refractivity contribution is -0.143. The number of benzene rings is 1. The predicted octanol–water partition coefficient (Wildman–Crippen LogP) is 4.53. The van der Waals surface area contributed by atoms with Gasteiger partial charge in [0.2, 0.25) is 0 Å². The number of fused-ring (bicyclic) bond motifs is 1. The number of rotatable bonds is 6. The highest BCUT2D eigenvalue weighted by molar-refractivity contribution is 7.12. The lowest BCUT2D eigenvalue weighted by atomic mass is 10.0. The molecule has 0 unspecified atom stereocenters. The van der Waals surface area contributed by atoms with Gasteiger partial charge in [0.05, 0.1) is 11.6 Å². The largest absolute Gasteiger partial charge is 0.466 e. The van der Waals surface area contributed by atoms with Gasteiger partial charge in [-0.1, -0.05) is 17.7 Å². The number of thiophene rings is 1. The molecule has 0 N–H and O–H groups in total. The Kier molecular flexibility index (Phi) is 6.16. The van der Waals surface area contributed by atoms with Crippen LogP contribution in [-0.2, 0) is 16.0 Å². The highest BCUT2D eigenvalue weighted by Crippen LogP contribution is 2.32. The summed E-state index contributed by atoms with van der Waals surface area (Å²) in [5.41, 5.74) is 0.751. The molecule has 0 atom stereocenters. The van der Waals surface area contributed by atoms with Crippen molar-refractivity contribution in [2.24, 2.45) is 0 Å². The van der Waals surface area contributed by atoms with E-state index in [9.17, 15) is 14.4 Å². The third kappa shape index (κ3) is 4.26. The molecule has 28 heavy (non-hydrogen) atoms. The van der Waals surface area contributed by atoms with Gasteiger partial charge in [-0.05, 0) is 43.3 Å². The average Bonchev–Trinajstić information content (AvgIpc) is 3.18. The Balaban J connectivity index is 1.92. The molecule has 0 amide bonds. The predicted molar refractivity (Wildman–Crippen MR) is 106 cm³/mol. The molecule has 1 aromatic carbocycles. The van der Waals surface area contributed by atoms with Crippen LogP contribution in [0, 0.1) is 6.92 Å². The van der Waals surface area contributed by atoms with Gasteiger partial charge in [0.1, 0.15) is 10.5 Å². The minimum absolute atomic E-state index is 0.0786. The molecule has 146 valence electrons. The Bertz CT molecular complexity index is 1080. The topological polar surface area (TPSA) is 82.8 Å². The molecule has 0 aliphatic carbocycles. The van der Waals surface area contributed by atoms with Gasteiger partial charge in [0, 0.05) is 23.4 Å². The van der Waals surface area contributed by atoms with Crippen molar-refractivity contribution in [2.45, 2.75) is 26.7 Å². The van der Waals surface area contributed by atoms with Gasteiger partial charge >= 0.3 is 17.6 Å². The molecule has 0 saturated heterocycles. The molecule has 2 aromatic heterocycles. The van der Waals surface area contributed by atoms with Gasteiger partial charge < -0.3 is 13.9 Å². The van der Waals surface area contributed by atoms with Crippen molar-refractivity contribution >= 4 is 45.8 Å². The second kappa shape index (κ2) is 8.58. The van der Waals surface area contributed by atoms with E-state index in [1.807, 2.05) is 0 Å². The molecular weight excluding hydrogens is 404 g/mol. The molecule has 2 heterocycles. The summed E-state index contributed by atoms with van der Waals surface area (Å²) in [5.74, 6) is -0.814. The van der Waals surface area contributed by atoms with Gasteiger partial charge in [-0.3, -0.25) is 4.79 Å². The smallest absolute Gasteiger partial charge is 0.353 e. The minimum Gasteiger partial charge on any atom is -0.466 e. The second-order valence-electron chi connectivity index (χ2n) is 5.94. The zero-order valence-electron chi connectivity index (χ0n) is 15.2. The molecule has 0 spiro atoms. The standard InChI is InChI=1S/C20H17ClO6S/c1-3-25-18(22)7-6-12-11(2)13-9-14(21)16(10-15(13)26-19(12)23)27-20(24)17-5-4-8-28-17/h4-5,8-10H,3,6-7H2,1-2H3. The van der Waals surface area contributed by atoms with E-state index in [0.29, 0.717) is 21.4 Å². The van der Waals surface area contributed by atoms with E-state index >= 15 is 0 Å². The first-order chi connectivity index (χ1) is 13.4. The van der Waals surface area contributed by atoms with Crippen LogP contribution in [-0.4, -0.2) is 18.5 Å². The molecule has 0 saturated carbocycles. The number of ether oxygens (including phenoxy) is 2. The maximum absolute atomic E-state index is 12.4. The van der Waals surface area contributed by atoms with Gasteiger partial charge in [-0.15, -0.1) is 11.3 Å². The molecule has 0 radical (unpaired) electrons. The van der Waals surface area contributed by atoms with Crippen LogP contribution in [0.3, 0.4) is 0 Å². The fourth-order valence-electron chi connectivity index (χ4n) is 2.76. The van der Waals surface area contributed by atoms with E-state index in [1.165, 1.54) is 17.4 Å². The first kappa shape index (κ1) is 20.1. The normalized spacial score (nSPS) is 10.8. The van der Waals surface area contributed by atoms with Crippen molar-refractivity contribution in [3.8, 4) is 5.75 Å². The first-order valence-electron chi connectivity index (χ1n) is 8.57. The SMILES string of the molecule is CCOC(=O)CCc1c(C)c2cc(Cl)c(OC(=O)c3cccs3)cc2oc1=O. The minimum atomic E-state index is -0.549. The number of aryl methyl sites for hydroxylation is 1. The van der Waals surface area contributed by atoms with Crippen LogP contribution < -0.4 is 10.4 Å². The maximum atomic E-state index is 12.4. The second-order valence-corrected chi connectivity index (χ2v) is 7.30. The Labute approximate surface area is 169 Å². The fraction of sp³-hybridized carbons (Fsp3) is 0.250. The Morgan fingerprint density at radius 3 is 2.75 bits per heavy atom. The van der Waals surface area contributed by atoms with E-state index in [2.05, 4.69) is 0 Å². The molecule has 0 bridgehead atoms. The summed E-state index contributed by atoms with van der Waals surface area (Å²) in [6.07, 6.45) is 0.283. The van der Waals surface area contributed by atoms with E-state index in [-0.39, 0.29) is 41.8 Å². The summed E-state index contributed by atoms with van der Waals surface area (Å²) >= 11 is 7.52. The number of hydrogen-bond donors (Lipinski definition) is 0. The lowest BCUT2D eigenvalue weighted by Gasteiger charge is -2.10. The average molecular weight is 421 g/mol. The van der Waals surface area contributed by atoms with Crippen LogP contribution in [0.15, 0.2) is 38.9 Å². The van der Waals surface area contributed by atoms with E-state index < -0.39 is 11.6 Å². The lowest BCUT2D eigenvalue weighted by Crippen LogP contribution is -2.14. The third-order valence-corrected chi connectivity index (χ3v) is 5.29. The van der Waals surface area contributed by atoms with Crippen molar-refractivity contribution in [1.29, 1.82) is 0 Å². The number of hydrogen-bond acceptors (Lipinski definition) is 7. The summed E-state index contributed by atoms with van der Waals surface area (Å²) in [5, 5.41) is 2.59. The molecule has 6 nitrogen and oxygen atoms in total. The van der Waals surface area contributed by atoms with Crippen molar-refractivity contribution in [2.75, 3.05) is 6.61 Å². The molecule has 3 rings (SSSR count). The monoisotopic (exact) mass is 420 g/mol. The number of halogens is 1. The van der Waals surface area contributed by atoms with Gasteiger partial charge in [0.15, 0.2) is 5.75 Å². The van der Waals surface area contributed by atoms with Crippen molar-refractivity contribution in [1.82, 2.24) is 0 Å². The molecule has 0 aliphatic heterocycles. The Hall–Kier alpha value is -2.64. The van der Waals surface area contributed by atoms with Crippen LogP contribution >= 0.6 is 22.9 Å². The first-order valence-corrected chi connectivity index (χ1v) is 9.83. The van der Waals surface area contributed by atoms with E-state index in [0.717, 1.165) is 0 Å². The summed E-state index contributed by atoms with van der Waals surface area (Å²) < 4.78 is 15.6. The maximum Gasteiger partial charge on any atom is 0.353 e. The van der Waals surface area contributed by atoms with Crippen LogP contribution in [0.2, 0.25) is 5.02 Å². The highest BCUT2D eigenvalue weighted by Gasteiger charge is 2.18. The summed E-state index contributed by atoms with van der Waals surface area (Å²) in [6, 6.07) is 6.39. The van der Waals surface area contributed by atoms with Gasteiger partial charge in [-0.25, -0.2) is 9.59 Å². The zero-order chi connectivity index (χ0) is 20.3. The third-order valence-electron chi connectivity index (χ3n) is 4.15. The van der Waals surface area contributed by atoms with Crippen molar-refractivity contribution < 1.29 is 23.5 Å².